The zero-order valence-corrected chi connectivity index (χ0v) is 16.8. The van der Waals surface area contributed by atoms with Gasteiger partial charge in [-0.2, -0.15) is 13.2 Å². The molecule has 11 heteroatoms. The predicted octanol–water partition coefficient (Wildman–Crippen LogP) is 4.37. The van der Waals surface area contributed by atoms with E-state index in [4.69, 9.17) is 11.6 Å². The van der Waals surface area contributed by atoms with E-state index in [1.54, 1.807) is 5.38 Å². The fourth-order valence-corrected chi connectivity index (χ4v) is 4.52. The highest BCUT2D eigenvalue weighted by molar-refractivity contribution is 7.17. The molecular formula is C19H14ClF4N3O2S. The molecule has 0 aliphatic carbocycles. The normalized spacial score (nSPS) is 17.1. The van der Waals surface area contributed by atoms with Crippen LogP contribution in [0.25, 0.3) is 21.3 Å². The number of nitrogens with zero attached hydrogens (tertiary/aromatic N) is 3. The van der Waals surface area contributed by atoms with Crippen molar-refractivity contribution in [3.63, 3.8) is 0 Å². The van der Waals surface area contributed by atoms with Gasteiger partial charge in [-0.1, -0.05) is 17.7 Å². The lowest BCUT2D eigenvalue weighted by Gasteiger charge is -2.16. The number of hydrogen-bond donors (Lipinski definition) is 0. The number of benzene rings is 1. The van der Waals surface area contributed by atoms with E-state index in [1.807, 2.05) is 0 Å². The lowest BCUT2D eigenvalue weighted by atomic mass is 10.0. The first-order chi connectivity index (χ1) is 14.1. The largest absolute Gasteiger partial charge is 0.417 e. The Kier molecular flexibility index (Phi) is 5.31. The van der Waals surface area contributed by atoms with Crippen LogP contribution in [-0.2, 0) is 17.5 Å². The van der Waals surface area contributed by atoms with Crippen molar-refractivity contribution in [3.8, 4) is 11.1 Å². The molecule has 1 atom stereocenters. The number of likely N-dealkylation sites (tertiary alicyclic amines) is 1. The Morgan fingerprint density at radius 2 is 2.10 bits per heavy atom. The van der Waals surface area contributed by atoms with Crippen molar-refractivity contribution in [3.05, 3.63) is 50.8 Å². The van der Waals surface area contributed by atoms with Crippen LogP contribution < -0.4 is 5.56 Å². The average Bonchev–Trinajstić information content (AvgIpc) is 3.30. The van der Waals surface area contributed by atoms with Gasteiger partial charge in [-0.3, -0.25) is 14.2 Å². The summed E-state index contributed by atoms with van der Waals surface area (Å²) in [5, 5.41) is 1.22. The summed E-state index contributed by atoms with van der Waals surface area (Å²) in [7, 11) is 0. The van der Waals surface area contributed by atoms with Crippen LogP contribution in [0.4, 0.5) is 17.6 Å². The second-order valence-electron chi connectivity index (χ2n) is 6.93. The maximum absolute atomic E-state index is 13.3. The second kappa shape index (κ2) is 7.66. The van der Waals surface area contributed by atoms with E-state index in [0.717, 1.165) is 28.0 Å². The molecule has 30 heavy (non-hydrogen) atoms. The van der Waals surface area contributed by atoms with Crippen LogP contribution in [0.3, 0.4) is 0 Å². The lowest BCUT2D eigenvalue weighted by molar-refractivity contribution is -0.137. The molecular weight excluding hydrogens is 446 g/mol. The highest BCUT2D eigenvalue weighted by atomic mass is 35.5. The molecule has 0 N–H and O–H groups in total. The molecule has 1 saturated heterocycles. The van der Waals surface area contributed by atoms with Crippen LogP contribution in [0, 0.1) is 0 Å². The second-order valence-corrected chi connectivity index (χ2v) is 8.19. The molecule has 1 aliphatic rings. The van der Waals surface area contributed by atoms with Crippen molar-refractivity contribution < 1.29 is 22.4 Å². The highest BCUT2D eigenvalue weighted by Crippen LogP contribution is 2.39. The fraction of sp³-hybridized carbons (Fsp3) is 0.316. The molecule has 0 radical (unpaired) electrons. The van der Waals surface area contributed by atoms with Crippen LogP contribution in [0.1, 0.15) is 12.0 Å². The zero-order chi connectivity index (χ0) is 21.6. The zero-order valence-electron chi connectivity index (χ0n) is 15.2. The van der Waals surface area contributed by atoms with Gasteiger partial charge in [-0.25, -0.2) is 9.37 Å². The first-order valence-electron chi connectivity index (χ1n) is 8.90. The number of carbonyl (C=O) groups is 1. The molecule has 1 aromatic carbocycles. The SMILES string of the molecule is O=C(Cn1cnc2scc(-c3ccc(Cl)c(C(F)(F)F)c3)c2c1=O)N1CC[C@@H](F)C1. The summed E-state index contributed by atoms with van der Waals surface area (Å²) in [5.41, 5.74) is -1.11. The van der Waals surface area contributed by atoms with Gasteiger partial charge in [0.05, 0.1) is 28.8 Å². The van der Waals surface area contributed by atoms with Gasteiger partial charge in [0.1, 0.15) is 17.5 Å². The third kappa shape index (κ3) is 3.81. The molecule has 1 fully saturated rings. The number of fused-ring (bicyclic) bond motifs is 1. The standard InChI is InChI=1S/C19H14ClF4N3O2S/c20-14-2-1-10(5-13(14)19(22,23)24)12-8-30-17-16(12)18(29)27(9-25-17)7-15(28)26-4-3-11(21)6-26/h1-2,5,8-9,11H,3-4,6-7H2/t11-/m1/s1. The van der Waals surface area contributed by atoms with E-state index in [2.05, 4.69) is 4.98 Å². The Balaban J connectivity index is 1.74. The Morgan fingerprint density at radius 3 is 2.77 bits per heavy atom. The minimum atomic E-state index is -4.65. The van der Waals surface area contributed by atoms with Gasteiger partial charge in [0.2, 0.25) is 5.91 Å². The van der Waals surface area contributed by atoms with E-state index >= 15 is 0 Å². The predicted molar refractivity (Wildman–Crippen MR) is 105 cm³/mol. The number of amides is 1. The Labute approximate surface area is 176 Å². The molecule has 1 aliphatic heterocycles. The molecule has 158 valence electrons. The summed E-state index contributed by atoms with van der Waals surface area (Å²) >= 11 is 6.79. The summed E-state index contributed by atoms with van der Waals surface area (Å²) in [4.78, 5) is 31.2. The van der Waals surface area contributed by atoms with Gasteiger partial charge < -0.3 is 4.90 Å². The first kappa shape index (κ1) is 20.8. The van der Waals surface area contributed by atoms with Gasteiger partial charge in [-0.15, -0.1) is 11.3 Å². The maximum Gasteiger partial charge on any atom is 0.417 e. The van der Waals surface area contributed by atoms with Crippen LogP contribution in [0.2, 0.25) is 5.02 Å². The van der Waals surface area contributed by atoms with Gasteiger partial charge in [0, 0.05) is 17.5 Å². The Bertz CT molecular complexity index is 1190. The summed E-state index contributed by atoms with van der Waals surface area (Å²) in [6, 6.07) is 3.41. The molecule has 0 spiro atoms. The van der Waals surface area contributed by atoms with Crippen LogP contribution in [0.15, 0.2) is 34.7 Å². The van der Waals surface area contributed by atoms with Crippen molar-refractivity contribution in [2.24, 2.45) is 0 Å². The van der Waals surface area contributed by atoms with Gasteiger partial charge in [-0.05, 0) is 24.1 Å². The monoisotopic (exact) mass is 459 g/mol. The van der Waals surface area contributed by atoms with Crippen LogP contribution >= 0.6 is 22.9 Å². The number of rotatable bonds is 3. The minimum Gasteiger partial charge on any atom is -0.338 e. The molecule has 1 amide bonds. The average molecular weight is 460 g/mol. The molecule has 4 rings (SSSR count). The van der Waals surface area contributed by atoms with E-state index < -0.39 is 34.4 Å². The molecule has 0 saturated carbocycles. The summed E-state index contributed by atoms with van der Waals surface area (Å²) in [6.07, 6.45) is -4.25. The first-order valence-corrected chi connectivity index (χ1v) is 10.2. The smallest absolute Gasteiger partial charge is 0.338 e. The summed E-state index contributed by atoms with van der Waals surface area (Å²) in [6.45, 7) is -0.0602. The number of hydrogen-bond acceptors (Lipinski definition) is 4. The third-order valence-electron chi connectivity index (χ3n) is 4.93. The summed E-state index contributed by atoms with van der Waals surface area (Å²) in [5.74, 6) is -0.416. The van der Waals surface area contributed by atoms with Crippen molar-refractivity contribution in [2.45, 2.75) is 25.3 Å². The molecule has 0 unspecified atom stereocenters. The Morgan fingerprint density at radius 1 is 1.33 bits per heavy atom. The topological polar surface area (TPSA) is 55.2 Å². The molecule has 0 bridgehead atoms. The van der Waals surface area contributed by atoms with Gasteiger partial charge in [0.15, 0.2) is 0 Å². The molecule has 2 aromatic heterocycles. The van der Waals surface area contributed by atoms with Crippen LogP contribution in [0.5, 0.6) is 0 Å². The number of alkyl halides is 4. The van der Waals surface area contributed by atoms with E-state index in [1.165, 1.54) is 17.3 Å². The molecule has 3 aromatic rings. The van der Waals surface area contributed by atoms with Crippen molar-refractivity contribution in [2.75, 3.05) is 13.1 Å². The van der Waals surface area contributed by atoms with Gasteiger partial charge in [0.25, 0.3) is 5.56 Å². The number of carbonyl (C=O) groups excluding carboxylic acids is 1. The van der Waals surface area contributed by atoms with Crippen molar-refractivity contribution >= 4 is 39.1 Å². The van der Waals surface area contributed by atoms with E-state index in [0.29, 0.717) is 4.83 Å². The van der Waals surface area contributed by atoms with Crippen LogP contribution in [-0.4, -0.2) is 39.6 Å². The molecule has 3 heterocycles. The quantitative estimate of drug-likeness (QED) is 0.547. The highest BCUT2D eigenvalue weighted by Gasteiger charge is 2.33. The van der Waals surface area contributed by atoms with E-state index in [-0.39, 0.29) is 42.6 Å². The van der Waals surface area contributed by atoms with Crippen molar-refractivity contribution in [1.29, 1.82) is 0 Å². The van der Waals surface area contributed by atoms with Crippen molar-refractivity contribution in [1.82, 2.24) is 14.5 Å². The minimum absolute atomic E-state index is 0.0159. The maximum atomic E-state index is 13.3. The van der Waals surface area contributed by atoms with E-state index in [9.17, 15) is 27.2 Å². The number of halogens is 5. The lowest BCUT2D eigenvalue weighted by Crippen LogP contribution is -2.35. The third-order valence-corrected chi connectivity index (χ3v) is 6.15. The number of aromatic nitrogens is 2. The number of thiophene rings is 1. The fourth-order valence-electron chi connectivity index (χ4n) is 3.39. The van der Waals surface area contributed by atoms with Gasteiger partial charge >= 0.3 is 6.18 Å². The summed E-state index contributed by atoms with van der Waals surface area (Å²) < 4.78 is 54.1. The Hall–Kier alpha value is -2.46. The molecule has 5 nitrogen and oxygen atoms in total.